The molecular weight excluding hydrogens is 461 g/mol. The number of hydrogen-bond donors (Lipinski definition) is 3. The minimum atomic E-state index is -4.49. The predicted molar refractivity (Wildman–Crippen MR) is 124 cm³/mol. The summed E-state index contributed by atoms with van der Waals surface area (Å²) in [5.74, 6) is -0.302. The summed E-state index contributed by atoms with van der Waals surface area (Å²) < 4.78 is 43.5. The molecule has 2 aromatic heterocycles. The van der Waals surface area contributed by atoms with Crippen LogP contribution in [-0.2, 0) is 6.54 Å². The number of nitrogen functional groups attached to an aromatic ring is 1. The Kier molecular flexibility index (Phi) is 6.67. The van der Waals surface area contributed by atoms with Gasteiger partial charge in [0, 0.05) is 53.1 Å². The number of nitrogens with one attached hydrogen (secondary N) is 2. The van der Waals surface area contributed by atoms with Crippen LogP contribution >= 0.6 is 0 Å². The van der Waals surface area contributed by atoms with Crippen molar-refractivity contribution in [2.24, 2.45) is 5.73 Å². The number of nitrogens with zero attached hydrogens (tertiary/aromatic N) is 3. The number of ether oxygens (including phenoxy) is 1. The summed E-state index contributed by atoms with van der Waals surface area (Å²) in [5, 5.41) is 11.5. The molecule has 0 radical (unpaired) electrons. The van der Waals surface area contributed by atoms with E-state index in [0.29, 0.717) is 35.5 Å². The van der Waals surface area contributed by atoms with E-state index >= 15 is 0 Å². The molecule has 0 fully saturated rings. The zero-order valence-corrected chi connectivity index (χ0v) is 18.3. The second kappa shape index (κ2) is 9.84. The molecule has 0 atom stereocenters. The monoisotopic (exact) mass is 482 g/mol. The van der Waals surface area contributed by atoms with Crippen LogP contribution in [0.5, 0.6) is 6.01 Å². The highest BCUT2D eigenvalue weighted by Gasteiger charge is 2.29. The third-order valence-electron chi connectivity index (χ3n) is 5.16. The Morgan fingerprint density at radius 3 is 2.57 bits per heavy atom. The van der Waals surface area contributed by atoms with Crippen LogP contribution in [0.25, 0.3) is 22.2 Å². The lowest BCUT2D eigenvalue weighted by atomic mass is 10.1. The molecule has 0 saturated heterocycles. The number of carbonyl (C=O) groups is 1. The number of amides is 1. The van der Waals surface area contributed by atoms with Gasteiger partial charge in [0.05, 0.1) is 5.69 Å². The summed E-state index contributed by atoms with van der Waals surface area (Å²) >= 11 is 0. The maximum atomic E-state index is 12.6. The van der Waals surface area contributed by atoms with Crippen LogP contribution in [0, 0.1) is 5.41 Å². The van der Waals surface area contributed by atoms with Gasteiger partial charge in [-0.05, 0) is 24.3 Å². The Balaban J connectivity index is 1.38. The fourth-order valence-electron chi connectivity index (χ4n) is 3.55. The fourth-order valence-corrected chi connectivity index (χ4v) is 3.55. The predicted octanol–water partition coefficient (Wildman–Crippen LogP) is 3.75. The SMILES string of the molecule is N=C(N)c1cn(CCNC(=O)c2ccc(-c3ccnc(OCC(F)(F)F)n3)cc2)c2ccccc12. The Hall–Kier alpha value is -4.41. The minimum absolute atomic E-state index is 0.0215. The average Bonchev–Trinajstić information content (AvgIpc) is 3.22. The van der Waals surface area contributed by atoms with Crippen molar-refractivity contribution >= 4 is 22.6 Å². The van der Waals surface area contributed by atoms with E-state index in [9.17, 15) is 18.0 Å². The summed E-state index contributed by atoms with van der Waals surface area (Å²) in [6.07, 6.45) is -1.39. The quantitative estimate of drug-likeness (QED) is 0.261. The highest BCUT2D eigenvalue weighted by atomic mass is 19.4. The van der Waals surface area contributed by atoms with Gasteiger partial charge in [-0.1, -0.05) is 30.3 Å². The first-order valence-corrected chi connectivity index (χ1v) is 10.5. The molecule has 2 heterocycles. The minimum Gasteiger partial charge on any atom is -0.454 e. The van der Waals surface area contributed by atoms with Crippen molar-refractivity contribution in [1.29, 1.82) is 5.41 Å². The lowest BCUT2D eigenvalue weighted by molar-refractivity contribution is -0.154. The Morgan fingerprint density at radius 1 is 1.11 bits per heavy atom. The molecule has 4 aromatic rings. The number of halogens is 3. The van der Waals surface area contributed by atoms with Crippen molar-refractivity contribution in [3.63, 3.8) is 0 Å². The molecular formula is C24H21F3N6O2. The van der Waals surface area contributed by atoms with Crippen molar-refractivity contribution in [3.8, 4) is 17.3 Å². The first kappa shape index (κ1) is 23.7. The van der Waals surface area contributed by atoms with Crippen LogP contribution in [0.1, 0.15) is 15.9 Å². The van der Waals surface area contributed by atoms with E-state index in [2.05, 4.69) is 20.0 Å². The molecule has 35 heavy (non-hydrogen) atoms. The van der Waals surface area contributed by atoms with Crippen LogP contribution in [0.15, 0.2) is 67.0 Å². The van der Waals surface area contributed by atoms with E-state index in [1.807, 2.05) is 28.8 Å². The number of benzene rings is 2. The number of aromatic nitrogens is 3. The number of nitrogens with two attached hydrogens (primary N) is 1. The molecule has 180 valence electrons. The summed E-state index contributed by atoms with van der Waals surface area (Å²) in [5.41, 5.74) is 8.61. The summed E-state index contributed by atoms with van der Waals surface area (Å²) in [6, 6.07) is 15.2. The molecule has 0 saturated carbocycles. The molecule has 2 aromatic carbocycles. The maximum absolute atomic E-state index is 12.6. The van der Waals surface area contributed by atoms with E-state index in [1.165, 1.54) is 12.3 Å². The number of para-hydroxylation sites is 1. The van der Waals surface area contributed by atoms with Crippen LogP contribution < -0.4 is 15.8 Å². The van der Waals surface area contributed by atoms with Gasteiger partial charge >= 0.3 is 12.2 Å². The van der Waals surface area contributed by atoms with Gasteiger partial charge < -0.3 is 20.4 Å². The van der Waals surface area contributed by atoms with Gasteiger partial charge in [0.2, 0.25) is 0 Å². The van der Waals surface area contributed by atoms with Crippen molar-refractivity contribution in [2.45, 2.75) is 12.7 Å². The molecule has 4 N–H and O–H groups in total. The highest BCUT2D eigenvalue weighted by molar-refractivity contribution is 6.07. The van der Waals surface area contributed by atoms with Crippen LogP contribution in [0.4, 0.5) is 13.2 Å². The summed E-state index contributed by atoms with van der Waals surface area (Å²) in [4.78, 5) is 20.2. The topological polar surface area (TPSA) is 119 Å². The van der Waals surface area contributed by atoms with Crippen molar-refractivity contribution in [2.75, 3.05) is 13.2 Å². The van der Waals surface area contributed by atoms with Crippen molar-refractivity contribution in [1.82, 2.24) is 19.9 Å². The molecule has 0 spiro atoms. The number of alkyl halides is 3. The average molecular weight is 482 g/mol. The van der Waals surface area contributed by atoms with Gasteiger partial charge in [-0.3, -0.25) is 10.2 Å². The standard InChI is InChI=1S/C24H21F3N6O2/c25-24(26,27)14-35-23-31-10-9-19(32-23)15-5-7-16(8-6-15)22(34)30-11-12-33-13-18(21(28)29)17-3-1-2-4-20(17)33/h1-10,13H,11-12,14H2,(H3,28,29)(H,30,34). The normalized spacial score (nSPS) is 11.4. The summed E-state index contributed by atoms with van der Waals surface area (Å²) in [6.45, 7) is -0.647. The van der Waals surface area contributed by atoms with Gasteiger partial charge in [0.1, 0.15) is 5.84 Å². The fraction of sp³-hybridized carbons (Fsp3) is 0.167. The smallest absolute Gasteiger partial charge is 0.422 e. The molecule has 0 aliphatic rings. The lowest BCUT2D eigenvalue weighted by Gasteiger charge is -2.09. The maximum Gasteiger partial charge on any atom is 0.422 e. The van der Waals surface area contributed by atoms with Gasteiger partial charge in [-0.2, -0.15) is 18.2 Å². The molecule has 8 nitrogen and oxygen atoms in total. The van der Waals surface area contributed by atoms with E-state index in [0.717, 1.165) is 10.9 Å². The zero-order valence-electron chi connectivity index (χ0n) is 18.3. The van der Waals surface area contributed by atoms with Crippen molar-refractivity contribution in [3.05, 3.63) is 78.1 Å². The molecule has 0 aliphatic heterocycles. The number of amidine groups is 1. The van der Waals surface area contributed by atoms with E-state index in [4.69, 9.17) is 11.1 Å². The molecule has 1 amide bonds. The molecule has 0 unspecified atom stereocenters. The van der Waals surface area contributed by atoms with Gasteiger partial charge in [-0.15, -0.1) is 0 Å². The first-order valence-electron chi connectivity index (χ1n) is 10.5. The largest absolute Gasteiger partial charge is 0.454 e. The van der Waals surface area contributed by atoms with Crippen LogP contribution in [-0.4, -0.2) is 45.6 Å². The molecule has 4 rings (SSSR count). The second-order valence-corrected chi connectivity index (χ2v) is 7.63. The van der Waals surface area contributed by atoms with Crippen molar-refractivity contribution < 1.29 is 22.7 Å². The number of rotatable bonds is 8. The Bertz CT molecular complexity index is 1370. The van der Waals surface area contributed by atoms with Gasteiger partial charge in [-0.25, -0.2) is 4.98 Å². The first-order chi connectivity index (χ1) is 16.7. The van der Waals surface area contributed by atoms with E-state index < -0.39 is 12.8 Å². The number of carbonyl (C=O) groups excluding carboxylic acids is 1. The van der Waals surface area contributed by atoms with Gasteiger partial charge in [0.25, 0.3) is 5.91 Å². The highest BCUT2D eigenvalue weighted by Crippen LogP contribution is 2.22. The second-order valence-electron chi connectivity index (χ2n) is 7.63. The number of fused-ring (bicyclic) bond motifs is 1. The third kappa shape index (κ3) is 5.75. The summed E-state index contributed by atoms with van der Waals surface area (Å²) in [7, 11) is 0. The third-order valence-corrected chi connectivity index (χ3v) is 5.16. The molecule has 0 bridgehead atoms. The zero-order chi connectivity index (χ0) is 25.0. The van der Waals surface area contributed by atoms with Crippen LogP contribution in [0.3, 0.4) is 0 Å². The molecule has 11 heteroatoms. The van der Waals surface area contributed by atoms with Gasteiger partial charge in [0.15, 0.2) is 6.61 Å². The van der Waals surface area contributed by atoms with E-state index in [-0.39, 0.29) is 17.8 Å². The van der Waals surface area contributed by atoms with Crippen LogP contribution in [0.2, 0.25) is 0 Å². The Labute approximate surface area is 198 Å². The lowest BCUT2D eigenvalue weighted by Crippen LogP contribution is -2.27. The Morgan fingerprint density at radius 2 is 1.86 bits per heavy atom. The van der Waals surface area contributed by atoms with E-state index in [1.54, 1.807) is 30.5 Å². The molecule has 0 aliphatic carbocycles. The number of hydrogen-bond acceptors (Lipinski definition) is 5.